The van der Waals surface area contributed by atoms with E-state index < -0.39 is 23.4 Å². The number of nitrogens with zero attached hydrogens (tertiary/aromatic N) is 2. The van der Waals surface area contributed by atoms with Crippen molar-refractivity contribution in [3.63, 3.8) is 0 Å². The molecule has 1 heterocycles. The van der Waals surface area contributed by atoms with Gasteiger partial charge in [-0.15, -0.1) is 0 Å². The standard InChI is InChI=1S/C16H11N3O6/c17-9-11-8-12(19(22)23)3-5-14(11)18-15(20)10-25-16(21)6-4-13-2-1-7-24-13/h1-8H,10H2,(H,18,20)/b6-4+. The minimum Gasteiger partial charge on any atom is -0.465 e. The first kappa shape index (κ1) is 17.4. The molecule has 0 saturated carbocycles. The Morgan fingerprint density at radius 2 is 2.20 bits per heavy atom. The summed E-state index contributed by atoms with van der Waals surface area (Å²) in [5, 5.41) is 22.0. The molecule has 1 aromatic carbocycles. The molecule has 0 bridgehead atoms. The van der Waals surface area contributed by atoms with Crippen molar-refractivity contribution in [2.24, 2.45) is 0 Å². The van der Waals surface area contributed by atoms with Crippen LogP contribution in [0.4, 0.5) is 11.4 Å². The number of anilines is 1. The van der Waals surface area contributed by atoms with E-state index in [1.807, 2.05) is 0 Å². The highest BCUT2D eigenvalue weighted by Crippen LogP contribution is 2.21. The van der Waals surface area contributed by atoms with Gasteiger partial charge in [-0.2, -0.15) is 5.26 Å². The summed E-state index contributed by atoms with van der Waals surface area (Å²) in [5.74, 6) is -0.994. The van der Waals surface area contributed by atoms with Gasteiger partial charge in [-0.25, -0.2) is 4.79 Å². The van der Waals surface area contributed by atoms with Crippen LogP contribution in [0.25, 0.3) is 6.08 Å². The van der Waals surface area contributed by atoms with Crippen molar-refractivity contribution in [2.75, 3.05) is 11.9 Å². The Bertz CT molecular complexity index is 864. The summed E-state index contributed by atoms with van der Waals surface area (Å²) >= 11 is 0. The maximum atomic E-state index is 11.8. The number of esters is 1. The number of furan rings is 1. The number of nitro groups is 1. The topological polar surface area (TPSA) is 135 Å². The molecule has 0 unspecified atom stereocenters. The van der Waals surface area contributed by atoms with Crippen molar-refractivity contribution < 1.29 is 23.7 Å². The van der Waals surface area contributed by atoms with Gasteiger partial charge in [0.2, 0.25) is 0 Å². The number of carbonyl (C=O) groups is 2. The van der Waals surface area contributed by atoms with Crippen LogP contribution in [0.3, 0.4) is 0 Å². The number of nitrogens with one attached hydrogen (secondary N) is 1. The molecule has 0 fully saturated rings. The van der Waals surface area contributed by atoms with Crippen LogP contribution in [-0.4, -0.2) is 23.4 Å². The molecule has 0 aliphatic heterocycles. The second-order valence-corrected chi connectivity index (χ2v) is 4.60. The van der Waals surface area contributed by atoms with Gasteiger partial charge in [0.1, 0.15) is 11.8 Å². The Kier molecular flexibility index (Phi) is 5.63. The molecular formula is C16H11N3O6. The van der Waals surface area contributed by atoms with Gasteiger partial charge >= 0.3 is 5.97 Å². The zero-order valence-corrected chi connectivity index (χ0v) is 12.7. The van der Waals surface area contributed by atoms with Crippen LogP contribution in [0.2, 0.25) is 0 Å². The summed E-state index contributed by atoms with van der Waals surface area (Å²) in [6.07, 6.45) is 3.92. The largest absolute Gasteiger partial charge is 0.465 e. The Morgan fingerprint density at radius 1 is 1.40 bits per heavy atom. The van der Waals surface area contributed by atoms with E-state index >= 15 is 0 Å². The normalized spacial score (nSPS) is 10.2. The van der Waals surface area contributed by atoms with E-state index in [4.69, 9.17) is 14.4 Å². The van der Waals surface area contributed by atoms with Crippen molar-refractivity contribution in [1.29, 1.82) is 5.26 Å². The average molecular weight is 341 g/mol. The fourth-order valence-corrected chi connectivity index (χ4v) is 1.75. The lowest BCUT2D eigenvalue weighted by Gasteiger charge is -2.07. The molecule has 0 atom stereocenters. The predicted molar refractivity (Wildman–Crippen MR) is 85.1 cm³/mol. The van der Waals surface area contributed by atoms with Crippen molar-refractivity contribution in [3.05, 3.63) is 64.1 Å². The maximum absolute atomic E-state index is 11.8. The molecule has 0 spiro atoms. The molecule has 9 heteroatoms. The van der Waals surface area contributed by atoms with Crippen LogP contribution in [0.15, 0.2) is 47.1 Å². The molecule has 2 aromatic rings. The summed E-state index contributed by atoms with van der Waals surface area (Å²) in [6.45, 7) is -0.580. The minimum atomic E-state index is -0.754. The van der Waals surface area contributed by atoms with Gasteiger partial charge < -0.3 is 14.5 Å². The molecule has 126 valence electrons. The second-order valence-electron chi connectivity index (χ2n) is 4.60. The van der Waals surface area contributed by atoms with Crippen LogP contribution in [0.1, 0.15) is 11.3 Å². The molecule has 25 heavy (non-hydrogen) atoms. The highest BCUT2D eigenvalue weighted by molar-refractivity contribution is 5.95. The number of amides is 1. The minimum absolute atomic E-state index is 0.0772. The number of nitro benzene ring substituents is 1. The highest BCUT2D eigenvalue weighted by Gasteiger charge is 2.13. The van der Waals surface area contributed by atoms with E-state index in [0.717, 1.165) is 18.2 Å². The predicted octanol–water partition coefficient (Wildman–Crippen LogP) is 2.25. The molecule has 0 saturated heterocycles. The summed E-state index contributed by atoms with van der Waals surface area (Å²) in [6, 6.07) is 8.44. The van der Waals surface area contributed by atoms with E-state index in [9.17, 15) is 19.7 Å². The Hall–Kier alpha value is -3.93. The van der Waals surface area contributed by atoms with Crippen LogP contribution >= 0.6 is 0 Å². The lowest BCUT2D eigenvalue weighted by atomic mass is 10.1. The molecular weight excluding hydrogens is 330 g/mol. The monoisotopic (exact) mass is 341 g/mol. The van der Waals surface area contributed by atoms with Gasteiger partial charge in [0.25, 0.3) is 11.6 Å². The van der Waals surface area contributed by atoms with Gasteiger partial charge in [-0.3, -0.25) is 14.9 Å². The lowest BCUT2D eigenvalue weighted by Crippen LogP contribution is -2.20. The van der Waals surface area contributed by atoms with E-state index in [0.29, 0.717) is 5.76 Å². The smallest absolute Gasteiger partial charge is 0.331 e. The molecule has 0 aliphatic rings. The number of hydrogen-bond acceptors (Lipinski definition) is 7. The highest BCUT2D eigenvalue weighted by atomic mass is 16.6. The number of nitriles is 1. The Balaban J connectivity index is 1.91. The molecule has 1 N–H and O–H groups in total. The third-order valence-electron chi connectivity index (χ3n) is 2.88. The van der Waals surface area contributed by atoms with Crippen molar-refractivity contribution in [2.45, 2.75) is 0 Å². The fourth-order valence-electron chi connectivity index (χ4n) is 1.75. The number of carbonyl (C=O) groups excluding carboxylic acids is 2. The molecule has 0 radical (unpaired) electrons. The van der Waals surface area contributed by atoms with Gasteiger partial charge in [0.15, 0.2) is 6.61 Å². The summed E-state index contributed by atoms with van der Waals surface area (Å²) in [7, 11) is 0. The molecule has 1 aromatic heterocycles. The number of hydrogen-bond donors (Lipinski definition) is 1. The zero-order valence-electron chi connectivity index (χ0n) is 12.7. The molecule has 9 nitrogen and oxygen atoms in total. The van der Waals surface area contributed by atoms with Crippen LogP contribution < -0.4 is 5.32 Å². The van der Waals surface area contributed by atoms with E-state index in [1.54, 1.807) is 18.2 Å². The molecule has 1 amide bonds. The molecule has 0 aliphatic carbocycles. The average Bonchev–Trinajstić information content (AvgIpc) is 3.11. The fraction of sp³-hybridized carbons (Fsp3) is 0.0625. The SMILES string of the molecule is N#Cc1cc([N+](=O)[O-])ccc1NC(=O)COC(=O)/C=C/c1ccco1. The van der Waals surface area contributed by atoms with Crippen molar-refractivity contribution >= 4 is 29.3 Å². The van der Waals surface area contributed by atoms with Gasteiger partial charge in [0, 0.05) is 18.2 Å². The first-order valence-corrected chi connectivity index (χ1v) is 6.86. The van der Waals surface area contributed by atoms with Gasteiger partial charge in [0.05, 0.1) is 22.4 Å². The third-order valence-corrected chi connectivity index (χ3v) is 2.88. The Morgan fingerprint density at radius 3 is 2.84 bits per heavy atom. The third kappa shape index (κ3) is 5.04. The number of non-ortho nitro benzene ring substituents is 1. The lowest BCUT2D eigenvalue weighted by molar-refractivity contribution is -0.384. The first-order valence-electron chi connectivity index (χ1n) is 6.86. The summed E-state index contributed by atoms with van der Waals surface area (Å²) in [4.78, 5) is 33.3. The number of benzene rings is 1. The maximum Gasteiger partial charge on any atom is 0.331 e. The second kappa shape index (κ2) is 8.07. The van der Waals surface area contributed by atoms with Crippen LogP contribution in [-0.2, 0) is 14.3 Å². The Labute approximate surface area is 141 Å². The van der Waals surface area contributed by atoms with Crippen molar-refractivity contribution in [1.82, 2.24) is 0 Å². The zero-order chi connectivity index (χ0) is 18.2. The van der Waals surface area contributed by atoms with Gasteiger partial charge in [-0.1, -0.05) is 0 Å². The van der Waals surface area contributed by atoms with E-state index in [2.05, 4.69) is 5.32 Å². The van der Waals surface area contributed by atoms with Gasteiger partial charge in [-0.05, 0) is 24.3 Å². The van der Waals surface area contributed by atoms with E-state index in [1.165, 1.54) is 18.4 Å². The van der Waals surface area contributed by atoms with Crippen molar-refractivity contribution in [3.8, 4) is 6.07 Å². The number of rotatable bonds is 6. The van der Waals surface area contributed by atoms with E-state index in [-0.39, 0.29) is 16.9 Å². The molecule has 2 rings (SSSR count). The van der Waals surface area contributed by atoms with Crippen LogP contribution in [0.5, 0.6) is 0 Å². The summed E-state index contributed by atoms with van der Waals surface area (Å²) < 4.78 is 9.73. The summed E-state index contributed by atoms with van der Waals surface area (Å²) in [5.41, 5.74) is -0.268. The number of ether oxygens (including phenoxy) is 1. The first-order chi connectivity index (χ1) is 12.0. The van der Waals surface area contributed by atoms with Crippen LogP contribution in [0, 0.1) is 21.4 Å². The quantitative estimate of drug-likeness (QED) is 0.368.